The van der Waals surface area contributed by atoms with Gasteiger partial charge in [0.1, 0.15) is 0 Å². The highest BCUT2D eigenvalue weighted by molar-refractivity contribution is 5.25. The average molecular weight is 274 g/mol. The Balaban J connectivity index is 2.65. The third kappa shape index (κ3) is 5.20. The molecule has 0 heterocycles. The number of hydrogen-bond donors (Lipinski definition) is 2. The lowest BCUT2D eigenvalue weighted by atomic mass is 9.95. The van der Waals surface area contributed by atoms with Crippen molar-refractivity contribution in [2.75, 3.05) is 0 Å². The molecule has 1 rings (SSSR count). The van der Waals surface area contributed by atoms with Gasteiger partial charge in [-0.25, -0.2) is 0 Å². The van der Waals surface area contributed by atoms with Gasteiger partial charge in [-0.1, -0.05) is 32.4 Å². The van der Waals surface area contributed by atoms with Crippen LogP contribution in [-0.2, 0) is 12.6 Å². The van der Waals surface area contributed by atoms with Gasteiger partial charge in [0.2, 0.25) is 0 Å². The van der Waals surface area contributed by atoms with E-state index in [-0.39, 0.29) is 6.04 Å². The first kappa shape index (κ1) is 16.0. The van der Waals surface area contributed by atoms with Gasteiger partial charge in [0.05, 0.1) is 5.56 Å². The smallest absolute Gasteiger partial charge is 0.271 e. The molecular formula is C14H21F3N2. The summed E-state index contributed by atoms with van der Waals surface area (Å²) in [5.74, 6) is 6.03. The third-order valence-electron chi connectivity index (χ3n) is 3.38. The normalized spacial score (nSPS) is 15.3. The van der Waals surface area contributed by atoms with Crippen molar-refractivity contribution in [1.29, 1.82) is 0 Å². The van der Waals surface area contributed by atoms with E-state index in [9.17, 15) is 13.2 Å². The SMILES string of the molecule is CCC(C)CC(Cc1ccc(C(F)(F)F)cc1)NN. The molecule has 0 radical (unpaired) electrons. The van der Waals surface area contributed by atoms with Crippen LogP contribution in [0, 0.1) is 5.92 Å². The molecule has 108 valence electrons. The Morgan fingerprint density at radius 3 is 2.21 bits per heavy atom. The highest BCUT2D eigenvalue weighted by Gasteiger charge is 2.29. The van der Waals surface area contributed by atoms with Gasteiger partial charge in [-0.2, -0.15) is 13.2 Å². The predicted octanol–water partition coefficient (Wildman–Crippen LogP) is 3.52. The van der Waals surface area contributed by atoms with E-state index < -0.39 is 11.7 Å². The largest absolute Gasteiger partial charge is 0.416 e. The van der Waals surface area contributed by atoms with Crippen LogP contribution < -0.4 is 11.3 Å². The molecule has 0 aromatic heterocycles. The molecule has 0 spiro atoms. The number of hydrogen-bond acceptors (Lipinski definition) is 2. The lowest BCUT2D eigenvalue weighted by molar-refractivity contribution is -0.137. The Labute approximate surface area is 112 Å². The van der Waals surface area contributed by atoms with Crippen molar-refractivity contribution in [3.63, 3.8) is 0 Å². The first-order valence-electron chi connectivity index (χ1n) is 6.49. The summed E-state index contributed by atoms with van der Waals surface area (Å²) in [5, 5.41) is 0. The van der Waals surface area contributed by atoms with Crippen LogP contribution in [0.3, 0.4) is 0 Å². The first-order chi connectivity index (χ1) is 8.86. The number of halogens is 3. The number of nitrogens with two attached hydrogens (primary N) is 1. The van der Waals surface area contributed by atoms with E-state index in [2.05, 4.69) is 19.3 Å². The van der Waals surface area contributed by atoms with Crippen LogP contribution >= 0.6 is 0 Å². The fourth-order valence-electron chi connectivity index (χ4n) is 1.98. The van der Waals surface area contributed by atoms with Gasteiger partial charge in [-0.05, 0) is 36.5 Å². The maximum atomic E-state index is 12.4. The van der Waals surface area contributed by atoms with Gasteiger partial charge in [0.15, 0.2) is 0 Å². The number of alkyl halides is 3. The molecule has 1 aromatic rings. The van der Waals surface area contributed by atoms with Gasteiger partial charge in [0, 0.05) is 6.04 Å². The fraction of sp³-hybridized carbons (Fsp3) is 0.571. The number of benzene rings is 1. The number of hydrazine groups is 1. The lowest BCUT2D eigenvalue weighted by Crippen LogP contribution is -2.38. The monoisotopic (exact) mass is 274 g/mol. The Hall–Kier alpha value is -1.07. The van der Waals surface area contributed by atoms with Crippen molar-refractivity contribution < 1.29 is 13.2 Å². The van der Waals surface area contributed by atoms with Crippen LogP contribution in [0.4, 0.5) is 13.2 Å². The van der Waals surface area contributed by atoms with Crippen molar-refractivity contribution in [3.05, 3.63) is 35.4 Å². The molecule has 0 aliphatic rings. The van der Waals surface area contributed by atoms with Gasteiger partial charge in [-0.15, -0.1) is 0 Å². The molecule has 0 fully saturated rings. The molecule has 0 bridgehead atoms. The molecule has 1 aromatic carbocycles. The molecule has 0 aliphatic heterocycles. The number of rotatable bonds is 6. The summed E-state index contributed by atoms with van der Waals surface area (Å²) in [5.41, 5.74) is 2.98. The summed E-state index contributed by atoms with van der Waals surface area (Å²) in [7, 11) is 0. The van der Waals surface area contributed by atoms with E-state index in [1.807, 2.05) is 0 Å². The van der Waals surface area contributed by atoms with E-state index in [4.69, 9.17) is 5.84 Å². The van der Waals surface area contributed by atoms with Crippen LogP contribution in [0.25, 0.3) is 0 Å². The minimum atomic E-state index is -4.28. The maximum absolute atomic E-state index is 12.4. The molecule has 2 unspecified atom stereocenters. The van der Waals surface area contributed by atoms with Crippen molar-refractivity contribution >= 4 is 0 Å². The molecule has 0 saturated heterocycles. The van der Waals surface area contributed by atoms with Gasteiger partial charge >= 0.3 is 6.18 Å². The standard InChI is InChI=1S/C14H21F3N2/c1-3-10(2)8-13(19-18)9-11-4-6-12(7-5-11)14(15,16)17/h4-7,10,13,19H,3,8-9,18H2,1-2H3. The van der Waals surface area contributed by atoms with Crippen molar-refractivity contribution in [2.24, 2.45) is 11.8 Å². The zero-order valence-corrected chi connectivity index (χ0v) is 11.3. The predicted molar refractivity (Wildman–Crippen MR) is 70.3 cm³/mol. The van der Waals surface area contributed by atoms with E-state index in [1.165, 1.54) is 12.1 Å². The summed E-state index contributed by atoms with van der Waals surface area (Å²) < 4.78 is 37.3. The lowest BCUT2D eigenvalue weighted by Gasteiger charge is -2.19. The number of nitrogens with one attached hydrogen (secondary N) is 1. The van der Waals surface area contributed by atoms with E-state index in [0.717, 1.165) is 30.5 Å². The molecular weight excluding hydrogens is 253 g/mol. The second kappa shape index (κ2) is 6.91. The van der Waals surface area contributed by atoms with Crippen LogP contribution in [0.1, 0.15) is 37.8 Å². The minimum Gasteiger partial charge on any atom is -0.271 e. The van der Waals surface area contributed by atoms with Crippen molar-refractivity contribution in [1.82, 2.24) is 5.43 Å². The molecule has 19 heavy (non-hydrogen) atoms. The van der Waals surface area contributed by atoms with Crippen LogP contribution in [-0.4, -0.2) is 6.04 Å². The van der Waals surface area contributed by atoms with E-state index in [0.29, 0.717) is 12.3 Å². The molecule has 2 nitrogen and oxygen atoms in total. The average Bonchev–Trinajstić information content (AvgIpc) is 2.37. The molecule has 5 heteroatoms. The summed E-state index contributed by atoms with van der Waals surface area (Å²) in [6.45, 7) is 4.24. The van der Waals surface area contributed by atoms with Gasteiger partial charge < -0.3 is 0 Å². The fourth-order valence-corrected chi connectivity index (χ4v) is 1.98. The molecule has 3 N–H and O–H groups in total. The quantitative estimate of drug-likeness (QED) is 0.615. The minimum absolute atomic E-state index is 0.0895. The summed E-state index contributed by atoms with van der Waals surface area (Å²) in [4.78, 5) is 0. The Morgan fingerprint density at radius 1 is 1.21 bits per heavy atom. The van der Waals surface area contributed by atoms with Crippen molar-refractivity contribution in [3.8, 4) is 0 Å². The summed E-state index contributed by atoms with van der Waals surface area (Å²) >= 11 is 0. The van der Waals surface area contributed by atoms with Crippen molar-refractivity contribution in [2.45, 2.75) is 45.3 Å². The Morgan fingerprint density at radius 2 is 1.79 bits per heavy atom. The second-order valence-electron chi connectivity index (χ2n) is 5.01. The highest BCUT2D eigenvalue weighted by Crippen LogP contribution is 2.29. The molecule has 0 aliphatic carbocycles. The zero-order chi connectivity index (χ0) is 14.5. The van der Waals surface area contributed by atoms with E-state index >= 15 is 0 Å². The van der Waals surface area contributed by atoms with Crippen LogP contribution in [0.5, 0.6) is 0 Å². The molecule has 0 amide bonds. The first-order valence-corrected chi connectivity index (χ1v) is 6.49. The van der Waals surface area contributed by atoms with Crippen LogP contribution in [0.15, 0.2) is 24.3 Å². The van der Waals surface area contributed by atoms with Crippen LogP contribution in [0.2, 0.25) is 0 Å². The third-order valence-corrected chi connectivity index (χ3v) is 3.38. The van der Waals surface area contributed by atoms with E-state index in [1.54, 1.807) is 0 Å². The second-order valence-corrected chi connectivity index (χ2v) is 5.01. The molecule has 2 atom stereocenters. The Bertz CT molecular complexity index is 373. The summed E-state index contributed by atoms with van der Waals surface area (Å²) in [6.07, 6.45) is -1.67. The highest BCUT2D eigenvalue weighted by atomic mass is 19.4. The van der Waals surface area contributed by atoms with Gasteiger partial charge in [0.25, 0.3) is 0 Å². The maximum Gasteiger partial charge on any atom is 0.416 e. The Kier molecular flexibility index (Phi) is 5.82. The summed E-state index contributed by atoms with van der Waals surface area (Å²) in [6, 6.07) is 5.36. The topological polar surface area (TPSA) is 38.0 Å². The van der Waals surface area contributed by atoms with Gasteiger partial charge in [-0.3, -0.25) is 11.3 Å². The molecule has 0 saturated carbocycles. The zero-order valence-electron chi connectivity index (χ0n) is 11.3.